The molecule has 0 saturated carbocycles. The number of esters is 1. The minimum atomic E-state index is -2.76. The molecule has 0 radical (unpaired) electrons. The standard InChI is InChI=1S/C36H35N3O7S2/c1-25-10-14-28(15-11-25)38(47(41)42)33-20-18-30(22-32(33)36(40)45-4)46-31-19-21-34(39(48(43)44)29-16-12-26(2)13-17-29)35(23-31)37(3)24-27-8-6-5-7-9-27/h5-23H,24H2,1-4H3,(H,41,42)(H,43,44)/p-2. The topological polar surface area (TPSA) is 126 Å². The highest BCUT2D eigenvalue weighted by molar-refractivity contribution is 7.81. The second kappa shape index (κ2) is 15.3. The number of carbonyl (C=O) groups excluding carboxylic acids is 1. The lowest BCUT2D eigenvalue weighted by Crippen LogP contribution is -2.24. The molecule has 48 heavy (non-hydrogen) atoms. The van der Waals surface area contributed by atoms with Crippen molar-refractivity contribution in [1.82, 2.24) is 0 Å². The van der Waals surface area contributed by atoms with Crippen LogP contribution in [0.2, 0.25) is 0 Å². The highest BCUT2D eigenvalue weighted by Crippen LogP contribution is 2.40. The molecule has 5 aromatic carbocycles. The number of anilines is 5. The Morgan fingerprint density at radius 2 is 1.17 bits per heavy atom. The van der Waals surface area contributed by atoms with Crippen molar-refractivity contribution in [2.75, 3.05) is 27.7 Å². The van der Waals surface area contributed by atoms with E-state index in [0.717, 1.165) is 21.0 Å². The smallest absolute Gasteiger partial charge is 0.340 e. The van der Waals surface area contributed by atoms with Crippen molar-refractivity contribution in [3.05, 3.63) is 138 Å². The highest BCUT2D eigenvalue weighted by Gasteiger charge is 2.22. The second-order valence-corrected chi connectivity index (χ2v) is 12.6. The van der Waals surface area contributed by atoms with Crippen molar-refractivity contribution in [3.8, 4) is 11.5 Å². The molecule has 2 unspecified atom stereocenters. The van der Waals surface area contributed by atoms with Gasteiger partial charge in [-0.05, 0) is 74.0 Å². The fourth-order valence-electron chi connectivity index (χ4n) is 5.12. The zero-order valence-corrected chi connectivity index (χ0v) is 28.3. The Kier molecular flexibility index (Phi) is 10.9. The van der Waals surface area contributed by atoms with Crippen LogP contribution in [0.1, 0.15) is 27.0 Å². The average Bonchev–Trinajstić information content (AvgIpc) is 3.07. The number of aryl methyl sites for hydroxylation is 2. The Morgan fingerprint density at radius 3 is 1.69 bits per heavy atom. The van der Waals surface area contributed by atoms with Gasteiger partial charge >= 0.3 is 5.97 Å². The SMILES string of the molecule is COC(=O)c1cc(Oc2ccc(N(c3ccc(C)cc3)S(=O)[O-])c(N(C)Cc3ccccc3)c2)ccc1N(c1ccc(C)cc1)S(=O)[O-]. The van der Waals surface area contributed by atoms with Crippen LogP contribution >= 0.6 is 0 Å². The van der Waals surface area contributed by atoms with Crippen LogP contribution in [0.15, 0.2) is 115 Å². The Hall–Kier alpha value is -5.01. The van der Waals surface area contributed by atoms with Crippen molar-refractivity contribution in [2.45, 2.75) is 20.4 Å². The summed E-state index contributed by atoms with van der Waals surface area (Å²) in [6.45, 7) is 4.27. The summed E-state index contributed by atoms with van der Waals surface area (Å²) < 4.78 is 63.5. The third kappa shape index (κ3) is 7.92. The first kappa shape index (κ1) is 34.3. The Bertz CT molecular complexity index is 1940. The number of carbonyl (C=O) groups is 1. The molecule has 0 N–H and O–H groups in total. The Labute approximate surface area is 285 Å². The van der Waals surface area contributed by atoms with Crippen LogP contribution < -0.4 is 18.2 Å². The van der Waals surface area contributed by atoms with Gasteiger partial charge in [-0.1, -0.05) is 65.7 Å². The number of rotatable bonds is 12. The molecule has 5 rings (SSSR count). The lowest BCUT2D eigenvalue weighted by atomic mass is 10.1. The molecular weight excluding hydrogens is 651 g/mol. The van der Waals surface area contributed by atoms with Gasteiger partial charge in [0.15, 0.2) is 0 Å². The van der Waals surface area contributed by atoms with Gasteiger partial charge in [-0.25, -0.2) is 4.79 Å². The van der Waals surface area contributed by atoms with Gasteiger partial charge in [-0.2, -0.15) is 0 Å². The summed E-state index contributed by atoms with van der Waals surface area (Å²) in [7, 11) is 3.06. The molecule has 0 aromatic heterocycles. The monoisotopic (exact) mass is 683 g/mol. The molecule has 0 heterocycles. The van der Waals surface area contributed by atoms with Gasteiger partial charge in [0.05, 0.1) is 63.6 Å². The fraction of sp³-hybridized carbons (Fsp3) is 0.139. The normalized spacial score (nSPS) is 12.1. The summed E-state index contributed by atoms with van der Waals surface area (Å²) in [6, 6.07) is 33.1. The second-order valence-electron chi connectivity index (χ2n) is 11.0. The summed E-state index contributed by atoms with van der Waals surface area (Å²) in [5.41, 5.74) is 4.73. The molecule has 0 bridgehead atoms. The van der Waals surface area contributed by atoms with Crippen molar-refractivity contribution < 1.29 is 31.8 Å². The van der Waals surface area contributed by atoms with Gasteiger partial charge in [0.25, 0.3) is 0 Å². The largest absolute Gasteiger partial charge is 0.755 e. The highest BCUT2D eigenvalue weighted by atomic mass is 32.2. The van der Waals surface area contributed by atoms with Crippen molar-refractivity contribution in [3.63, 3.8) is 0 Å². The number of benzene rings is 5. The maximum Gasteiger partial charge on any atom is 0.340 e. The maximum atomic E-state index is 12.9. The minimum absolute atomic E-state index is 0.0369. The lowest BCUT2D eigenvalue weighted by Gasteiger charge is -2.32. The van der Waals surface area contributed by atoms with E-state index in [1.807, 2.05) is 68.3 Å². The Morgan fingerprint density at radius 1 is 0.667 bits per heavy atom. The third-order valence-electron chi connectivity index (χ3n) is 7.50. The molecule has 248 valence electrons. The van der Waals surface area contributed by atoms with Crippen molar-refractivity contribution in [2.24, 2.45) is 0 Å². The van der Waals surface area contributed by atoms with E-state index in [2.05, 4.69) is 0 Å². The van der Waals surface area contributed by atoms with E-state index < -0.39 is 28.5 Å². The maximum absolute atomic E-state index is 12.9. The first-order chi connectivity index (χ1) is 23.0. The zero-order chi connectivity index (χ0) is 34.4. The van der Waals surface area contributed by atoms with Crippen LogP contribution in [0, 0.1) is 13.8 Å². The number of hydrogen-bond acceptors (Lipinski definition) is 8. The van der Waals surface area contributed by atoms with Crippen LogP contribution in [0.3, 0.4) is 0 Å². The van der Waals surface area contributed by atoms with Gasteiger partial charge in [0.1, 0.15) is 11.5 Å². The minimum Gasteiger partial charge on any atom is -0.755 e. The first-order valence-corrected chi connectivity index (χ1v) is 16.8. The molecule has 0 fully saturated rings. The van der Waals surface area contributed by atoms with E-state index in [1.54, 1.807) is 60.7 Å². The van der Waals surface area contributed by atoms with E-state index in [1.165, 1.54) is 23.5 Å². The summed E-state index contributed by atoms with van der Waals surface area (Å²) in [6.07, 6.45) is 0. The molecule has 5 aromatic rings. The molecule has 0 aliphatic heterocycles. The molecule has 0 aliphatic rings. The van der Waals surface area contributed by atoms with Crippen LogP contribution in [-0.4, -0.2) is 37.7 Å². The quantitative estimate of drug-likeness (QED) is 0.0985. The predicted molar refractivity (Wildman–Crippen MR) is 187 cm³/mol. The molecule has 0 saturated heterocycles. The summed E-state index contributed by atoms with van der Waals surface area (Å²) in [4.78, 5) is 14.8. The van der Waals surface area contributed by atoms with Gasteiger partial charge < -0.3 is 23.5 Å². The Balaban J connectivity index is 1.56. The molecular formula is C36H33N3O7S2-2. The van der Waals surface area contributed by atoms with Gasteiger partial charge in [0, 0.05) is 19.7 Å². The summed E-state index contributed by atoms with van der Waals surface area (Å²) in [5.74, 6) is -0.184. The molecule has 2 atom stereocenters. The van der Waals surface area contributed by atoms with E-state index >= 15 is 0 Å². The number of ether oxygens (including phenoxy) is 2. The zero-order valence-electron chi connectivity index (χ0n) is 26.7. The van der Waals surface area contributed by atoms with Crippen LogP contribution in [0.5, 0.6) is 11.5 Å². The molecule has 0 aliphatic carbocycles. The fourth-order valence-corrected chi connectivity index (χ4v) is 6.35. The number of hydrogen-bond donors (Lipinski definition) is 0. The van der Waals surface area contributed by atoms with Gasteiger partial charge in [-0.15, -0.1) is 0 Å². The lowest BCUT2D eigenvalue weighted by molar-refractivity contribution is 0.0601. The molecule has 12 heteroatoms. The van der Waals surface area contributed by atoms with E-state index in [4.69, 9.17) is 9.47 Å². The third-order valence-corrected chi connectivity index (χ3v) is 8.91. The average molecular weight is 684 g/mol. The number of nitrogens with zero attached hydrogens (tertiary/aromatic N) is 3. The van der Waals surface area contributed by atoms with Crippen molar-refractivity contribution >= 4 is 56.9 Å². The summed E-state index contributed by atoms with van der Waals surface area (Å²) in [5, 5.41) is 0. The van der Waals surface area contributed by atoms with Gasteiger partial charge in [-0.3, -0.25) is 17.0 Å². The van der Waals surface area contributed by atoms with E-state index in [9.17, 15) is 22.3 Å². The van der Waals surface area contributed by atoms with Crippen LogP contribution in [0.25, 0.3) is 0 Å². The summed E-state index contributed by atoms with van der Waals surface area (Å²) >= 11 is -5.42. The van der Waals surface area contributed by atoms with Crippen LogP contribution in [0.4, 0.5) is 28.4 Å². The molecule has 0 amide bonds. The number of methoxy groups -OCH3 is 1. The van der Waals surface area contributed by atoms with Crippen LogP contribution in [-0.2, 0) is 33.8 Å². The van der Waals surface area contributed by atoms with Gasteiger partial charge in [0.2, 0.25) is 0 Å². The predicted octanol–water partition coefficient (Wildman–Crippen LogP) is 7.38. The van der Waals surface area contributed by atoms with E-state index in [-0.39, 0.29) is 17.0 Å². The van der Waals surface area contributed by atoms with Crippen molar-refractivity contribution in [1.29, 1.82) is 0 Å². The first-order valence-electron chi connectivity index (χ1n) is 14.8. The molecule has 10 nitrogen and oxygen atoms in total. The van der Waals surface area contributed by atoms with E-state index in [0.29, 0.717) is 35.0 Å². The molecule has 0 spiro atoms.